The largest absolute Gasteiger partial charge is 0.493 e. The lowest BCUT2D eigenvalue weighted by molar-refractivity contribution is -0.219. The summed E-state index contributed by atoms with van der Waals surface area (Å²) in [4.78, 5) is 13.1. The van der Waals surface area contributed by atoms with E-state index >= 15 is 0 Å². The van der Waals surface area contributed by atoms with E-state index in [1.165, 1.54) is 20.6 Å². The van der Waals surface area contributed by atoms with Crippen molar-refractivity contribution in [2.24, 2.45) is 0 Å². The predicted octanol–water partition coefficient (Wildman–Crippen LogP) is 4.83. The van der Waals surface area contributed by atoms with Gasteiger partial charge in [-0.15, -0.1) is 0 Å². The van der Waals surface area contributed by atoms with Gasteiger partial charge in [0.2, 0.25) is 5.78 Å². The van der Waals surface area contributed by atoms with Gasteiger partial charge < -0.3 is 18.9 Å². The van der Waals surface area contributed by atoms with Crippen LogP contribution in [0.2, 0.25) is 0 Å². The van der Waals surface area contributed by atoms with Crippen molar-refractivity contribution in [2.75, 3.05) is 20.8 Å². The van der Waals surface area contributed by atoms with E-state index in [2.05, 4.69) is 6.92 Å². The summed E-state index contributed by atoms with van der Waals surface area (Å²) in [6.07, 6.45) is 4.38. The Bertz CT molecular complexity index is 695. The molecular formula is C22H28O5. The minimum atomic E-state index is -0.910. The van der Waals surface area contributed by atoms with E-state index in [4.69, 9.17) is 18.9 Å². The van der Waals surface area contributed by atoms with Gasteiger partial charge in [0.15, 0.2) is 0 Å². The Morgan fingerprint density at radius 2 is 1.59 bits per heavy atom. The standard InChI is InChI=1S/C22H28O5/c1-4-5-6-10-16-26-18-14-11-15-19(27-22(24-2)25-3)20(18)21(23)17-12-8-7-9-13-17/h7-9,11-15,22H,4-6,10,16H2,1-3H3. The van der Waals surface area contributed by atoms with Crippen LogP contribution in [0, 0.1) is 0 Å². The third kappa shape index (κ3) is 6.08. The predicted molar refractivity (Wildman–Crippen MR) is 104 cm³/mol. The molecule has 0 aliphatic heterocycles. The number of carbonyl (C=O) groups is 1. The summed E-state index contributed by atoms with van der Waals surface area (Å²) < 4.78 is 21.9. The van der Waals surface area contributed by atoms with Crippen LogP contribution in [0.1, 0.15) is 48.5 Å². The average molecular weight is 372 g/mol. The van der Waals surface area contributed by atoms with Gasteiger partial charge in [-0.2, -0.15) is 0 Å². The lowest BCUT2D eigenvalue weighted by Gasteiger charge is -2.19. The maximum absolute atomic E-state index is 13.1. The minimum absolute atomic E-state index is 0.166. The van der Waals surface area contributed by atoms with Gasteiger partial charge in [0, 0.05) is 19.8 Å². The van der Waals surface area contributed by atoms with Gasteiger partial charge in [-0.05, 0) is 18.6 Å². The number of ether oxygens (including phenoxy) is 4. The third-order valence-corrected chi connectivity index (χ3v) is 4.11. The molecule has 0 saturated carbocycles. The van der Waals surface area contributed by atoms with Gasteiger partial charge in [0.25, 0.3) is 0 Å². The van der Waals surface area contributed by atoms with E-state index in [1.807, 2.05) is 18.2 Å². The van der Waals surface area contributed by atoms with Gasteiger partial charge in [0.05, 0.1) is 6.61 Å². The molecule has 2 aromatic carbocycles. The summed E-state index contributed by atoms with van der Waals surface area (Å²) in [5, 5.41) is 0. The molecule has 2 aromatic rings. The van der Waals surface area contributed by atoms with E-state index in [9.17, 15) is 4.79 Å². The average Bonchev–Trinajstić information content (AvgIpc) is 2.72. The first-order valence-corrected chi connectivity index (χ1v) is 9.29. The van der Waals surface area contributed by atoms with Crippen LogP contribution in [0.4, 0.5) is 0 Å². The molecule has 146 valence electrons. The third-order valence-electron chi connectivity index (χ3n) is 4.11. The Hall–Kier alpha value is -2.37. The molecule has 0 aromatic heterocycles. The molecule has 27 heavy (non-hydrogen) atoms. The molecule has 0 aliphatic carbocycles. The molecule has 0 N–H and O–H groups in total. The summed E-state index contributed by atoms with van der Waals surface area (Å²) >= 11 is 0. The SMILES string of the molecule is CCCCCCOc1cccc(OC(OC)OC)c1C(=O)c1ccccc1. The smallest absolute Gasteiger partial charge is 0.315 e. The van der Waals surface area contributed by atoms with E-state index in [0.29, 0.717) is 29.2 Å². The molecule has 0 amide bonds. The van der Waals surface area contributed by atoms with E-state index in [0.717, 1.165) is 19.3 Å². The highest BCUT2D eigenvalue weighted by Gasteiger charge is 2.22. The topological polar surface area (TPSA) is 54.0 Å². The van der Waals surface area contributed by atoms with Crippen LogP contribution in [0.3, 0.4) is 0 Å². The molecule has 5 heteroatoms. The van der Waals surface area contributed by atoms with Crippen LogP contribution in [0.5, 0.6) is 11.5 Å². The second kappa shape index (κ2) is 11.4. The molecular weight excluding hydrogens is 344 g/mol. The van der Waals surface area contributed by atoms with Crippen molar-refractivity contribution < 1.29 is 23.7 Å². The van der Waals surface area contributed by atoms with Gasteiger partial charge in [-0.3, -0.25) is 4.79 Å². The molecule has 0 heterocycles. The van der Waals surface area contributed by atoms with Crippen molar-refractivity contribution in [1.82, 2.24) is 0 Å². The Kier molecular flexibility index (Phi) is 8.81. The molecule has 2 rings (SSSR count). The normalized spacial score (nSPS) is 10.8. The minimum Gasteiger partial charge on any atom is -0.493 e. The number of rotatable bonds is 12. The van der Waals surface area contributed by atoms with Crippen molar-refractivity contribution >= 4 is 5.78 Å². The van der Waals surface area contributed by atoms with Crippen LogP contribution in [-0.2, 0) is 9.47 Å². The summed E-state index contributed by atoms with van der Waals surface area (Å²) in [6, 6.07) is 14.4. The maximum Gasteiger partial charge on any atom is 0.315 e. The van der Waals surface area contributed by atoms with Crippen LogP contribution in [-0.4, -0.2) is 33.1 Å². The van der Waals surface area contributed by atoms with Gasteiger partial charge in [-0.1, -0.05) is 62.6 Å². The van der Waals surface area contributed by atoms with Crippen molar-refractivity contribution in [3.8, 4) is 11.5 Å². The summed E-state index contributed by atoms with van der Waals surface area (Å²) in [5.74, 6) is 0.702. The number of benzene rings is 2. The molecule has 0 fully saturated rings. The number of methoxy groups -OCH3 is 2. The fourth-order valence-corrected chi connectivity index (χ4v) is 2.69. The van der Waals surface area contributed by atoms with Gasteiger partial charge >= 0.3 is 6.48 Å². The molecule has 0 bridgehead atoms. The molecule has 0 saturated heterocycles. The highest BCUT2D eigenvalue weighted by atomic mass is 16.8. The number of unbranched alkanes of at least 4 members (excludes halogenated alkanes) is 3. The van der Waals surface area contributed by atoms with Crippen molar-refractivity contribution in [2.45, 2.75) is 39.1 Å². The molecule has 0 atom stereocenters. The maximum atomic E-state index is 13.1. The Morgan fingerprint density at radius 1 is 0.889 bits per heavy atom. The van der Waals surface area contributed by atoms with E-state index < -0.39 is 6.48 Å². The highest BCUT2D eigenvalue weighted by Crippen LogP contribution is 2.32. The fourth-order valence-electron chi connectivity index (χ4n) is 2.69. The van der Waals surface area contributed by atoms with Crippen LogP contribution in [0.25, 0.3) is 0 Å². The highest BCUT2D eigenvalue weighted by molar-refractivity contribution is 6.12. The molecule has 0 spiro atoms. The van der Waals surface area contributed by atoms with E-state index in [-0.39, 0.29) is 5.78 Å². The summed E-state index contributed by atoms with van der Waals surface area (Å²) in [6.45, 7) is 1.81. The number of hydrogen-bond donors (Lipinski definition) is 0. The van der Waals surface area contributed by atoms with Gasteiger partial charge in [-0.25, -0.2) is 0 Å². The number of carbonyl (C=O) groups excluding carboxylic acids is 1. The summed E-state index contributed by atoms with van der Waals surface area (Å²) in [7, 11) is 2.95. The Morgan fingerprint density at radius 3 is 2.26 bits per heavy atom. The quantitative estimate of drug-likeness (QED) is 0.303. The van der Waals surface area contributed by atoms with E-state index in [1.54, 1.807) is 30.3 Å². The lowest BCUT2D eigenvalue weighted by atomic mass is 10.0. The van der Waals surface area contributed by atoms with Crippen LogP contribution in [0.15, 0.2) is 48.5 Å². The van der Waals surface area contributed by atoms with Crippen molar-refractivity contribution in [3.63, 3.8) is 0 Å². The second-order valence-electron chi connectivity index (χ2n) is 6.11. The first-order chi connectivity index (χ1) is 13.2. The fraction of sp³-hybridized carbons (Fsp3) is 0.409. The second-order valence-corrected chi connectivity index (χ2v) is 6.11. The molecule has 0 radical (unpaired) electrons. The van der Waals surface area contributed by atoms with Crippen LogP contribution < -0.4 is 9.47 Å². The number of hydrogen-bond acceptors (Lipinski definition) is 5. The Labute approximate surface area is 161 Å². The van der Waals surface area contributed by atoms with Gasteiger partial charge in [0.1, 0.15) is 17.1 Å². The van der Waals surface area contributed by atoms with Crippen molar-refractivity contribution in [3.05, 3.63) is 59.7 Å². The zero-order valence-electron chi connectivity index (χ0n) is 16.3. The monoisotopic (exact) mass is 372 g/mol. The first kappa shape index (κ1) is 20.9. The molecule has 0 aliphatic rings. The Balaban J connectivity index is 2.30. The molecule has 0 unspecified atom stereocenters. The zero-order chi connectivity index (χ0) is 19.5. The van der Waals surface area contributed by atoms with Crippen molar-refractivity contribution in [1.29, 1.82) is 0 Å². The lowest BCUT2D eigenvalue weighted by Crippen LogP contribution is -2.22. The first-order valence-electron chi connectivity index (χ1n) is 9.29. The molecule has 5 nitrogen and oxygen atoms in total. The number of ketones is 1. The van der Waals surface area contributed by atoms with Crippen LogP contribution >= 0.6 is 0 Å². The summed E-state index contributed by atoms with van der Waals surface area (Å²) in [5.41, 5.74) is 0.939. The zero-order valence-corrected chi connectivity index (χ0v) is 16.3.